The molecule has 2 aromatic rings. The summed E-state index contributed by atoms with van der Waals surface area (Å²) in [7, 11) is 1.56. The molecule has 0 spiro atoms. The highest BCUT2D eigenvalue weighted by molar-refractivity contribution is 9.11. The summed E-state index contributed by atoms with van der Waals surface area (Å²) in [5.41, 5.74) is 0.948. The molecule has 0 bridgehead atoms. The number of carbonyl (C=O) groups is 1. The Balaban J connectivity index is 1.90. The monoisotopic (exact) mass is 330 g/mol. The highest BCUT2D eigenvalue weighted by Gasteiger charge is 2.13. The van der Waals surface area contributed by atoms with Crippen LogP contribution in [0.5, 0.6) is 0 Å². The number of esters is 1. The minimum atomic E-state index is -0.473. The van der Waals surface area contributed by atoms with Gasteiger partial charge in [0, 0.05) is 12.7 Å². The van der Waals surface area contributed by atoms with Gasteiger partial charge in [0.2, 0.25) is 5.76 Å². The number of methoxy groups -OCH3 is 1. The van der Waals surface area contributed by atoms with Crippen LogP contribution in [-0.2, 0) is 22.7 Å². The van der Waals surface area contributed by atoms with Gasteiger partial charge in [0.05, 0.1) is 3.79 Å². The summed E-state index contributed by atoms with van der Waals surface area (Å²) >= 11 is 4.90. The van der Waals surface area contributed by atoms with Gasteiger partial charge in [-0.25, -0.2) is 4.79 Å². The number of ether oxygens (including phenoxy) is 2. The molecule has 0 aliphatic heterocycles. The first-order valence-electron chi connectivity index (χ1n) is 5.16. The van der Waals surface area contributed by atoms with E-state index in [1.807, 2.05) is 11.4 Å². The van der Waals surface area contributed by atoms with Gasteiger partial charge >= 0.3 is 5.97 Å². The predicted octanol–water partition coefficient (Wildman–Crippen LogP) is 3.61. The fourth-order valence-corrected chi connectivity index (χ4v) is 2.54. The number of carbonyl (C=O) groups excluding carboxylic acids is 1. The summed E-state index contributed by atoms with van der Waals surface area (Å²) in [6, 6.07) is 5.19. The molecule has 0 aromatic carbocycles. The van der Waals surface area contributed by atoms with Crippen LogP contribution in [0.3, 0.4) is 0 Å². The van der Waals surface area contributed by atoms with E-state index in [1.165, 1.54) is 0 Å². The van der Waals surface area contributed by atoms with Crippen LogP contribution in [0.1, 0.15) is 21.9 Å². The zero-order valence-corrected chi connectivity index (χ0v) is 12.0. The van der Waals surface area contributed by atoms with Crippen LogP contribution >= 0.6 is 27.3 Å². The zero-order valence-electron chi connectivity index (χ0n) is 9.64. The van der Waals surface area contributed by atoms with Gasteiger partial charge in [0.15, 0.2) is 0 Å². The van der Waals surface area contributed by atoms with E-state index >= 15 is 0 Å². The highest BCUT2D eigenvalue weighted by atomic mass is 79.9. The molecule has 0 saturated carbocycles. The van der Waals surface area contributed by atoms with Crippen LogP contribution in [-0.4, -0.2) is 13.1 Å². The molecule has 0 unspecified atom stereocenters. The maximum absolute atomic E-state index is 11.7. The van der Waals surface area contributed by atoms with Gasteiger partial charge in [-0.15, -0.1) is 11.3 Å². The molecule has 4 nitrogen and oxygen atoms in total. The standard InChI is InChI=1S/C12H11BrO4S/c1-15-6-9-2-3-10(17-9)12(14)16-5-8-4-11(13)18-7-8/h2-4,7H,5-6H2,1H3. The van der Waals surface area contributed by atoms with Crippen LogP contribution in [0.15, 0.2) is 31.8 Å². The van der Waals surface area contributed by atoms with Crippen LogP contribution in [0.4, 0.5) is 0 Å². The Labute approximate surface area is 117 Å². The second kappa shape index (κ2) is 6.17. The van der Waals surface area contributed by atoms with Crippen molar-refractivity contribution in [2.75, 3.05) is 7.11 Å². The number of halogens is 1. The minimum absolute atomic E-state index is 0.191. The number of hydrogen-bond donors (Lipinski definition) is 0. The molecule has 96 valence electrons. The average Bonchev–Trinajstić information content (AvgIpc) is 2.96. The lowest BCUT2D eigenvalue weighted by atomic mass is 10.4. The van der Waals surface area contributed by atoms with Crippen molar-refractivity contribution >= 4 is 33.2 Å². The molecule has 2 aromatic heterocycles. The van der Waals surface area contributed by atoms with Gasteiger partial charge in [-0.3, -0.25) is 0 Å². The summed E-state index contributed by atoms with van der Waals surface area (Å²) in [5.74, 6) is 0.318. The Hall–Kier alpha value is -1.11. The Kier molecular flexibility index (Phi) is 4.57. The summed E-state index contributed by atoms with van der Waals surface area (Å²) in [5, 5.41) is 1.93. The van der Waals surface area contributed by atoms with Crippen LogP contribution in [0.2, 0.25) is 0 Å². The lowest BCUT2D eigenvalue weighted by molar-refractivity contribution is 0.0430. The lowest BCUT2D eigenvalue weighted by Gasteiger charge is -2.00. The first-order valence-corrected chi connectivity index (χ1v) is 6.84. The largest absolute Gasteiger partial charge is 0.455 e. The number of furan rings is 1. The van der Waals surface area contributed by atoms with E-state index in [1.54, 1.807) is 30.6 Å². The summed E-state index contributed by atoms with van der Waals surface area (Å²) in [4.78, 5) is 11.7. The van der Waals surface area contributed by atoms with Gasteiger partial charge < -0.3 is 13.9 Å². The molecule has 0 amide bonds. The van der Waals surface area contributed by atoms with E-state index in [4.69, 9.17) is 13.9 Å². The zero-order chi connectivity index (χ0) is 13.0. The molecular formula is C12H11BrO4S. The van der Waals surface area contributed by atoms with Gasteiger partial charge in [0.25, 0.3) is 0 Å². The Morgan fingerprint density at radius 1 is 1.44 bits per heavy atom. The molecule has 0 aliphatic rings. The Morgan fingerprint density at radius 3 is 2.94 bits per heavy atom. The van der Waals surface area contributed by atoms with E-state index in [9.17, 15) is 4.79 Å². The average molecular weight is 331 g/mol. The van der Waals surface area contributed by atoms with E-state index in [0.717, 1.165) is 9.35 Å². The topological polar surface area (TPSA) is 48.7 Å². The predicted molar refractivity (Wildman–Crippen MR) is 70.6 cm³/mol. The molecule has 0 N–H and O–H groups in total. The fourth-order valence-electron chi connectivity index (χ4n) is 1.35. The third-order valence-electron chi connectivity index (χ3n) is 2.14. The lowest BCUT2D eigenvalue weighted by Crippen LogP contribution is -2.03. The van der Waals surface area contributed by atoms with E-state index < -0.39 is 5.97 Å². The Bertz CT molecular complexity index is 532. The molecule has 6 heteroatoms. The first-order chi connectivity index (χ1) is 8.69. The fraction of sp³-hybridized carbons (Fsp3) is 0.250. The molecule has 0 fully saturated rings. The third-order valence-corrected chi connectivity index (χ3v) is 3.69. The SMILES string of the molecule is COCc1ccc(C(=O)OCc2csc(Br)c2)o1. The van der Waals surface area contributed by atoms with Crippen LogP contribution < -0.4 is 0 Å². The molecular weight excluding hydrogens is 320 g/mol. The van der Waals surface area contributed by atoms with Crippen molar-refractivity contribution in [3.63, 3.8) is 0 Å². The van der Waals surface area contributed by atoms with Crippen molar-refractivity contribution in [1.29, 1.82) is 0 Å². The summed E-state index contributed by atoms with van der Waals surface area (Å²) in [6.45, 7) is 0.575. The van der Waals surface area contributed by atoms with Gasteiger partial charge in [-0.05, 0) is 39.5 Å². The van der Waals surface area contributed by atoms with Crippen LogP contribution in [0, 0.1) is 0 Å². The molecule has 18 heavy (non-hydrogen) atoms. The normalized spacial score (nSPS) is 10.6. The van der Waals surface area contributed by atoms with Crippen LogP contribution in [0.25, 0.3) is 0 Å². The van der Waals surface area contributed by atoms with E-state index in [2.05, 4.69) is 15.9 Å². The minimum Gasteiger partial charge on any atom is -0.455 e. The maximum atomic E-state index is 11.7. The van der Waals surface area contributed by atoms with E-state index in [-0.39, 0.29) is 12.4 Å². The number of hydrogen-bond acceptors (Lipinski definition) is 5. The van der Waals surface area contributed by atoms with Gasteiger partial charge in [-0.2, -0.15) is 0 Å². The summed E-state index contributed by atoms with van der Waals surface area (Å²) in [6.07, 6.45) is 0. The molecule has 0 saturated heterocycles. The smallest absolute Gasteiger partial charge is 0.374 e. The molecule has 0 aliphatic carbocycles. The third kappa shape index (κ3) is 3.44. The molecule has 2 heterocycles. The van der Waals surface area contributed by atoms with Crippen molar-refractivity contribution in [2.45, 2.75) is 13.2 Å². The quantitative estimate of drug-likeness (QED) is 0.786. The van der Waals surface area contributed by atoms with Crippen molar-refractivity contribution in [2.24, 2.45) is 0 Å². The first kappa shape index (κ1) is 13.3. The van der Waals surface area contributed by atoms with Crippen molar-refractivity contribution in [3.05, 3.63) is 44.4 Å². The van der Waals surface area contributed by atoms with Gasteiger partial charge in [0.1, 0.15) is 19.0 Å². The van der Waals surface area contributed by atoms with E-state index in [0.29, 0.717) is 12.4 Å². The molecule has 0 atom stereocenters. The maximum Gasteiger partial charge on any atom is 0.374 e. The second-order valence-corrected chi connectivity index (χ2v) is 5.82. The number of rotatable bonds is 5. The van der Waals surface area contributed by atoms with Crippen molar-refractivity contribution < 1.29 is 18.7 Å². The molecule has 2 rings (SSSR count). The summed E-state index contributed by atoms with van der Waals surface area (Å²) < 4.78 is 16.3. The van der Waals surface area contributed by atoms with Gasteiger partial charge in [-0.1, -0.05) is 0 Å². The second-order valence-electron chi connectivity index (χ2n) is 3.53. The number of thiophene rings is 1. The molecule has 0 radical (unpaired) electrons. The van der Waals surface area contributed by atoms with Crippen molar-refractivity contribution in [1.82, 2.24) is 0 Å². The van der Waals surface area contributed by atoms with Crippen molar-refractivity contribution in [3.8, 4) is 0 Å². The highest BCUT2D eigenvalue weighted by Crippen LogP contribution is 2.21. The Morgan fingerprint density at radius 2 is 2.28 bits per heavy atom.